The third kappa shape index (κ3) is 5.05. The van der Waals surface area contributed by atoms with Gasteiger partial charge in [0.05, 0.1) is 0 Å². The van der Waals surface area contributed by atoms with Crippen LogP contribution >= 0.6 is 0 Å². The van der Waals surface area contributed by atoms with E-state index in [0.717, 1.165) is 0 Å². The normalized spacial score (nSPS) is 10.2. The molecule has 0 aromatic heterocycles. The Bertz CT molecular complexity index is 1040. The molecule has 30 heavy (non-hydrogen) atoms. The van der Waals surface area contributed by atoms with Crippen molar-refractivity contribution < 1.29 is 19.2 Å². The summed E-state index contributed by atoms with van der Waals surface area (Å²) in [6.45, 7) is 2.89. The van der Waals surface area contributed by atoms with Gasteiger partial charge >= 0.3 is 0 Å². The van der Waals surface area contributed by atoms with Gasteiger partial charge in [-0.15, -0.1) is 0 Å². The Morgan fingerprint density at radius 2 is 0.867 bits per heavy atom. The van der Waals surface area contributed by atoms with Crippen LogP contribution < -0.4 is 10.6 Å². The van der Waals surface area contributed by atoms with Crippen LogP contribution in [-0.2, 0) is 0 Å². The average molecular weight is 400 g/mol. The molecule has 0 aliphatic carbocycles. The summed E-state index contributed by atoms with van der Waals surface area (Å²) < 4.78 is 0. The molecule has 0 aliphatic heterocycles. The zero-order valence-electron chi connectivity index (χ0n) is 16.6. The Morgan fingerprint density at radius 1 is 0.533 bits per heavy atom. The van der Waals surface area contributed by atoms with Gasteiger partial charge in [0, 0.05) is 33.6 Å². The van der Waals surface area contributed by atoms with Crippen molar-refractivity contribution in [3.8, 4) is 0 Å². The zero-order valence-corrected chi connectivity index (χ0v) is 16.6. The molecule has 6 heteroatoms. The van der Waals surface area contributed by atoms with Crippen molar-refractivity contribution >= 4 is 34.8 Å². The van der Waals surface area contributed by atoms with E-state index in [2.05, 4.69) is 10.6 Å². The predicted molar refractivity (Wildman–Crippen MR) is 115 cm³/mol. The van der Waals surface area contributed by atoms with Crippen LogP contribution in [0.5, 0.6) is 0 Å². The van der Waals surface area contributed by atoms with Crippen molar-refractivity contribution in [3.05, 3.63) is 95.1 Å². The van der Waals surface area contributed by atoms with Crippen LogP contribution in [0.2, 0.25) is 0 Å². The van der Waals surface area contributed by atoms with Crippen molar-refractivity contribution in [2.24, 2.45) is 0 Å². The lowest BCUT2D eigenvalue weighted by Crippen LogP contribution is -2.14. The van der Waals surface area contributed by atoms with Crippen molar-refractivity contribution in [1.82, 2.24) is 0 Å². The van der Waals surface area contributed by atoms with Crippen LogP contribution in [0.15, 0.2) is 72.8 Å². The van der Waals surface area contributed by atoms with E-state index in [-0.39, 0.29) is 23.4 Å². The molecule has 0 aliphatic rings. The van der Waals surface area contributed by atoms with Crippen molar-refractivity contribution in [2.45, 2.75) is 13.8 Å². The lowest BCUT2D eigenvalue weighted by atomic mass is 10.1. The van der Waals surface area contributed by atoms with Crippen molar-refractivity contribution in [3.63, 3.8) is 0 Å². The van der Waals surface area contributed by atoms with Crippen molar-refractivity contribution in [1.29, 1.82) is 0 Å². The SMILES string of the molecule is CC(=O)c1cccc(C(=O)Nc2ccc(NC(=O)c3cccc(C(C)=O)c3)cc2)c1. The summed E-state index contributed by atoms with van der Waals surface area (Å²) in [4.78, 5) is 47.8. The van der Waals surface area contributed by atoms with Gasteiger partial charge in [-0.1, -0.05) is 24.3 Å². The standard InChI is InChI=1S/C24H20N2O4/c1-15(27)17-5-3-7-19(13-17)23(29)25-21-9-11-22(12-10-21)26-24(30)20-8-4-6-18(14-20)16(2)28/h3-14H,1-2H3,(H,25,29)(H,26,30). The molecule has 0 unspecified atom stereocenters. The van der Waals surface area contributed by atoms with Gasteiger partial charge in [-0.3, -0.25) is 19.2 Å². The molecule has 3 rings (SSSR count). The highest BCUT2D eigenvalue weighted by Crippen LogP contribution is 2.17. The fraction of sp³-hybridized carbons (Fsp3) is 0.0833. The quantitative estimate of drug-likeness (QED) is 0.592. The summed E-state index contributed by atoms with van der Waals surface area (Å²) in [6.07, 6.45) is 0. The van der Waals surface area contributed by atoms with Gasteiger partial charge < -0.3 is 10.6 Å². The molecule has 150 valence electrons. The number of Topliss-reactive ketones (excluding diaryl/α,β-unsaturated/α-hetero) is 2. The number of anilines is 2. The lowest BCUT2D eigenvalue weighted by Gasteiger charge is -2.09. The minimum Gasteiger partial charge on any atom is -0.322 e. The number of hydrogen-bond acceptors (Lipinski definition) is 4. The van der Waals surface area contributed by atoms with Crippen molar-refractivity contribution in [2.75, 3.05) is 10.6 Å². The van der Waals surface area contributed by atoms with Crippen LogP contribution in [0.4, 0.5) is 11.4 Å². The summed E-state index contributed by atoms with van der Waals surface area (Å²) in [5.41, 5.74) is 2.79. The predicted octanol–water partition coefficient (Wildman–Crippen LogP) is 4.60. The van der Waals surface area contributed by atoms with Gasteiger partial charge in [-0.2, -0.15) is 0 Å². The Hall–Kier alpha value is -4.06. The highest BCUT2D eigenvalue weighted by atomic mass is 16.2. The van der Waals surface area contributed by atoms with Gasteiger partial charge in [0.25, 0.3) is 11.8 Å². The molecule has 0 heterocycles. The second-order valence-corrected chi connectivity index (χ2v) is 6.76. The van der Waals surface area contributed by atoms with Crippen LogP contribution in [0.3, 0.4) is 0 Å². The number of rotatable bonds is 6. The Kier molecular flexibility index (Phi) is 6.17. The highest BCUT2D eigenvalue weighted by molar-refractivity contribution is 6.07. The van der Waals surface area contributed by atoms with Gasteiger partial charge in [0.15, 0.2) is 11.6 Å². The van der Waals surface area contributed by atoms with Gasteiger partial charge in [-0.25, -0.2) is 0 Å². The molecule has 2 amide bonds. The largest absolute Gasteiger partial charge is 0.322 e. The fourth-order valence-electron chi connectivity index (χ4n) is 2.80. The summed E-state index contributed by atoms with van der Waals surface area (Å²) in [6, 6.07) is 19.6. The van der Waals surface area contributed by atoms with E-state index in [1.807, 2.05) is 0 Å². The fourth-order valence-corrected chi connectivity index (χ4v) is 2.80. The lowest BCUT2D eigenvalue weighted by molar-refractivity contribution is 0.100. The number of nitrogens with one attached hydrogen (secondary N) is 2. The first-order valence-electron chi connectivity index (χ1n) is 9.28. The third-order valence-electron chi connectivity index (χ3n) is 4.46. The molecule has 3 aromatic rings. The molecule has 0 saturated heterocycles. The minimum absolute atomic E-state index is 0.112. The van der Waals surface area contributed by atoms with Gasteiger partial charge in [0.2, 0.25) is 0 Å². The first-order valence-corrected chi connectivity index (χ1v) is 9.28. The molecule has 0 spiro atoms. The maximum Gasteiger partial charge on any atom is 0.255 e. The Labute approximate surface area is 173 Å². The van der Waals surface area contributed by atoms with E-state index in [4.69, 9.17) is 0 Å². The van der Waals surface area contributed by atoms with Crippen LogP contribution in [0.25, 0.3) is 0 Å². The van der Waals surface area contributed by atoms with Crippen LogP contribution in [-0.4, -0.2) is 23.4 Å². The maximum absolute atomic E-state index is 12.4. The number of carbonyl (C=O) groups excluding carboxylic acids is 4. The second-order valence-electron chi connectivity index (χ2n) is 6.76. The third-order valence-corrected chi connectivity index (χ3v) is 4.46. The number of amides is 2. The number of benzene rings is 3. The van der Waals surface area contributed by atoms with E-state index in [9.17, 15) is 19.2 Å². The van der Waals surface area contributed by atoms with E-state index in [1.165, 1.54) is 13.8 Å². The highest BCUT2D eigenvalue weighted by Gasteiger charge is 2.10. The summed E-state index contributed by atoms with van der Waals surface area (Å²) in [7, 11) is 0. The first kappa shape index (κ1) is 20.7. The summed E-state index contributed by atoms with van der Waals surface area (Å²) in [5.74, 6) is -0.899. The van der Waals surface area contributed by atoms with E-state index >= 15 is 0 Å². The number of carbonyl (C=O) groups is 4. The van der Waals surface area contributed by atoms with E-state index in [1.54, 1.807) is 72.8 Å². The molecule has 0 fully saturated rings. The molecule has 3 aromatic carbocycles. The monoisotopic (exact) mass is 400 g/mol. The smallest absolute Gasteiger partial charge is 0.255 e. The Balaban J connectivity index is 1.66. The number of hydrogen-bond donors (Lipinski definition) is 2. The molecule has 0 bridgehead atoms. The Morgan fingerprint density at radius 3 is 1.20 bits per heavy atom. The second kappa shape index (κ2) is 8.96. The van der Waals surface area contributed by atoms with Crippen LogP contribution in [0, 0.1) is 0 Å². The van der Waals surface area contributed by atoms with E-state index < -0.39 is 0 Å². The molecular formula is C24H20N2O4. The number of ketones is 2. The first-order chi connectivity index (χ1) is 14.3. The zero-order chi connectivity index (χ0) is 21.7. The molecular weight excluding hydrogens is 380 g/mol. The van der Waals surface area contributed by atoms with Gasteiger partial charge in [-0.05, 0) is 62.4 Å². The molecule has 0 radical (unpaired) electrons. The summed E-state index contributed by atoms with van der Waals surface area (Å²) >= 11 is 0. The topological polar surface area (TPSA) is 92.3 Å². The molecule has 6 nitrogen and oxygen atoms in total. The molecule has 2 N–H and O–H groups in total. The molecule has 0 saturated carbocycles. The molecule has 0 atom stereocenters. The average Bonchev–Trinajstić information content (AvgIpc) is 2.75. The van der Waals surface area contributed by atoms with Crippen LogP contribution in [0.1, 0.15) is 55.3 Å². The minimum atomic E-state index is -0.337. The van der Waals surface area contributed by atoms with E-state index in [0.29, 0.717) is 33.6 Å². The summed E-state index contributed by atoms with van der Waals surface area (Å²) in [5, 5.41) is 5.51. The van der Waals surface area contributed by atoms with Gasteiger partial charge in [0.1, 0.15) is 0 Å². The maximum atomic E-state index is 12.4.